The summed E-state index contributed by atoms with van der Waals surface area (Å²) >= 11 is 0. The molecule has 0 amide bonds. The van der Waals surface area contributed by atoms with E-state index in [4.69, 9.17) is 0 Å². The lowest BCUT2D eigenvalue weighted by Gasteiger charge is -2.07. The van der Waals surface area contributed by atoms with E-state index < -0.39 is 0 Å². The molecule has 1 aromatic carbocycles. The number of rotatable bonds is 0. The molecule has 78 valence electrons. The summed E-state index contributed by atoms with van der Waals surface area (Å²) in [4.78, 5) is 0. The van der Waals surface area contributed by atoms with Crippen LogP contribution < -0.4 is 0 Å². The molecule has 2 rings (SSSR count). The molecule has 0 aliphatic heterocycles. The molecule has 1 atom stereocenters. The van der Waals surface area contributed by atoms with Crippen molar-refractivity contribution in [2.75, 3.05) is 0 Å². The van der Waals surface area contributed by atoms with Gasteiger partial charge in [-0.15, -0.1) is 0 Å². The highest BCUT2D eigenvalue weighted by Crippen LogP contribution is 2.23. The summed E-state index contributed by atoms with van der Waals surface area (Å²) in [5, 5.41) is 0. The molecule has 0 aromatic heterocycles. The van der Waals surface area contributed by atoms with Crippen LogP contribution in [0.1, 0.15) is 44.7 Å². The van der Waals surface area contributed by atoms with Gasteiger partial charge < -0.3 is 0 Å². The Morgan fingerprint density at radius 3 is 2.43 bits per heavy atom. The Bertz CT molecular complexity index is 262. The number of hydrogen-bond acceptors (Lipinski definition) is 0. The maximum absolute atomic E-state index is 2.36. The van der Waals surface area contributed by atoms with Crippen LogP contribution in [0.4, 0.5) is 0 Å². The van der Waals surface area contributed by atoms with Crippen LogP contribution >= 0.6 is 0 Å². The van der Waals surface area contributed by atoms with Gasteiger partial charge in [0.1, 0.15) is 0 Å². The van der Waals surface area contributed by atoms with Crippen LogP contribution in [0.25, 0.3) is 0 Å². The summed E-state index contributed by atoms with van der Waals surface area (Å²) in [7, 11) is 0. The Kier molecular flexibility index (Phi) is 4.72. The van der Waals surface area contributed by atoms with E-state index in [2.05, 4.69) is 31.2 Å². The molecule has 1 unspecified atom stereocenters. The van der Waals surface area contributed by atoms with Crippen molar-refractivity contribution in [2.45, 2.75) is 46.5 Å². The fraction of sp³-hybridized carbons (Fsp3) is 0.571. The highest BCUT2D eigenvalue weighted by atomic mass is 14.2. The monoisotopic (exact) mass is 190 g/mol. The molecule has 0 fully saturated rings. The lowest BCUT2D eigenvalue weighted by atomic mass is 9.99. The van der Waals surface area contributed by atoms with Gasteiger partial charge in [-0.3, -0.25) is 0 Å². The Balaban J connectivity index is 0.000000461. The second kappa shape index (κ2) is 5.85. The minimum Gasteiger partial charge on any atom is -0.0683 e. The summed E-state index contributed by atoms with van der Waals surface area (Å²) in [6.07, 6.45) is 5.35. The van der Waals surface area contributed by atoms with Gasteiger partial charge in [-0.1, -0.05) is 51.5 Å². The zero-order valence-corrected chi connectivity index (χ0v) is 9.72. The minimum absolute atomic E-state index is 0.883. The summed E-state index contributed by atoms with van der Waals surface area (Å²) in [6.45, 7) is 6.36. The normalized spacial score (nSPS) is 20.1. The van der Waals surface area contributed by atoms with Gasteiger partial charge >= 0.3 is 0 Å². The third kappa shape index (κ3) is 2.87. The summed E-state index contributed by atoms with van der Waals surface area (Å²) in [5.41, 5.74) is 3.17. The largest absolute Gasteiger partial charge is 0.0683 e. The van der Waals surface area contributed by atoms with Crippen molar-refractivity contribution < 1.29 is 0 Å². The van der Waals surface area contributed by atoms with E-state index in [1.807, 2.05) is 13.8 Å². The van der Waals surface area contributed by atoms with Gasteiger partial charge in [-0.25, -0.2) is 0 Å². The summed E-state index contributed by atoms with van der Waals surface area (Å²) in [5.74, 6) is 0.883. The molecular formula is C14H22. The molecule has 1 aliphatic carbocycles. The second-order valence-corrected chi connectivity index (χ2v) is 3.97. The molecule has 14 heavy (non-hydrogen) atoms. The van der Waals surface area contributed by atoms with Crippen molar-refractivity contribution in [1.29, 1.82) is 0 Å². The van der Waals surface area contributed by atoms with Crippen LogP contribution in [0.2, 0.25) is 0 Å². The standard InChI is InChI=1S/C12H16.C2H6/c1-10-5-4-8-11-6-2-3-7-12(11)9-10;1-2/h2-3,6-7,10H,4-5,8-9H2,1H3;1-2H3. The van der Waals surface area contributed by atoms with Crippen molar-refractivity contribution in [3.05, 3.63) is 35.4 Å². The van der Waals surface area contributed by atoms with Crippen LogP contribution in [0, 0.1) is 5.92 Å². The number of benzene rings is 1. The van der Waals surface area contributed by atoms with Gasteiger partial charge in [-0.2, -0.15) is 0 Å². The van der Waals surface area contributed by atoms with Crippen molar-refractivity contribution in [3.63, 3.8) is 0 Å². The molecule has 1 aliphatic rings. The zero-order chi connectivity index (χ0) is 10.4. The Morgan fingerprint density at radius 2 is 1.71 bits per heavy atom. The third-order valence-electron chi connectivity index (χ3n) is 2.83. The molecule has 1 aromatic rings. The lowest BCUT2D eigenvalue weighted by molar-refractivity contribution is 0.526. The molecule has 0 saturated carbocycles. The van der Waals surface area contributed by atoms with Crippen LogP contribution in [-0.2, 0) is 12.8 Å². The van der Waals surface area contributed by atoms with Crippen LogP contribution in [-0.4, -0.2) is 0 Å². The van der Waals surface area contributed by atoms with E-state index in [9.17, 15) is 0 Å². The van der Waals surface area contributed by atoms with Gasteiger partial charge in [-0.05, 0) is 36.3 Å². The SMILES string of the molecule is CC.CC1CCCc2ccccc2C1. The van der Waals surface area contributed by atoms with E-state index in [0.29, 0.717) is 0 Å². The fourth-order valence-corrected chi connectivity index (χ4v) is 2.12. The highest BCUT2D eigenvalue weighted by Gasteiger charge is 2.11. The molecular weight excluding hydrogens is 168 g/mol. The molecule has 0 bridgehead atoms. The van der Waals surface area contributed by atoms with Gasteiger partial charge in [0.25, 0.3) is 0 Å². The van der Waals surface area contributed by atoms with Crippen LogP contribution in [0.15, 0.2) is 24.3 Å². The van der Waals surface area contributed by atoms with E-state index in [-0.39, 0.29) is 0 Å². The average molecular weight is 190 g/mol. The quantitative estimate of drug-likeness (QED) is 0.537. The van der Waals surface area contributed by atoms with E-state index >= 15 is 0 Å². The Morgan fingerprint density at radius 1 is 1.07 bits per heavy atom. The maximum atomic E-state index is 2.36. The maximum Gasteiger partial charge on any atom is -0.0250 e. The Hall–Kier alpha value is -0.780. The first-order chi connectivity index (χ1) is 6.86. The second-order valence-electron chi connectivity index (χ2n) is 3.97. The van der Waals surface area contributed by atoms with E-state index in [1.165, 1.54) is 25.7 Å². The predicted molar refractivity (Wildman–Crippen MR) is 63.6 cm³/mol. The number of aryl methyl sites for hydroxylation is 1. The molecule has 0 heterocycles. The van der Waals surface area contributed by atoms with E-state index in [0.717, 1.165) is 5.92 Å². The summed E-state index contributed by atoms with van der Waals surface area (Å²) in [6, 6.07) is 8.90. The van der Waals surface area contributed by atoms with Crippen LogP contribution in [0.3, 0.4) is 0 Å². The first kappa shape index (κ1) is 11.3. The lowest BCUT2D eigenvalue weighted by Crippen LogP contribution is -1.96. The van der Waals surface area contributed by atoms with Gasteiger partial charge in [0.2, 0.25) is 0 Å². The first-order valence-corrected chi connectivity index (χ1v) is 5.93. The van der Waals surface area contributed by atoms with Gasteiger partial charge in [0.05, 0.1) is 0 Å². The van der Waals surface area contributed by atoms with Crippen LogP contribution in [0.5, 0.6) is 0 Å². The molecule has 0 spiro atoms. The van der Waals surface area contributed by atoms with Crippen molar-refractivity contribution in [2.24, 2.45) is 5.92 Å². The topological polar surface area (TPSA) is 0 Å². The number of hydrogen-bond donors (Lipinski definition) is 0. The number of fused-ring (bicyclic) bond motifs is 1. The third-order valence-corrected chi connectivity index (χ3v) is 2.83. The predicted octanol–water partition coefficient (Wildman–Crippen LogP) is 4.23. The Labute approximate surface area is 88.4 Å². The van der Waals surface area contributed by atoms with Gasteiger partial charge in [0, 0.05) is 0 Å². The molecule has 0 saturated heterocycles. The van der Waals surface area contributed by atoms with Crippen molar-refractivity contribution in [3.8, 4) is 0 Å². The minimum atomic E-state index is 0.883. The summed E-state index contributed by atoms with van der Waals surface area (Å²) < 4.78 is 0. The average Bonchev–Trinajstić information content (AvgIpc) is 2.41. The molecule has 0 radical (unpaired) electrons. The zero-order valence-electron chi connectivity index (χ0n) is 9.72. The smallest absolute Gasteiger partial charge is 0.0250 e. The van der Waals surface area contributed by atoms with E-state index in [1.54, 1.807) is 11.1 Å². The van der Waals surface area contributed by atoms with Gasteiger partial charge in [0.15, 0.2) is 0 Å². The molecule has 0 nitrogen and oxygen atoms in total. The molecule has 0 N–H and O–H groups in total. The first-order valence-electron chi connectivity index (χ1n) is 5.93. The molecule has 0 heteroatoms. The highest BCUT2D eigenvalue weighted by molar-refractivity contribution is 5.28. The van der Waals surface area contributed by atoms with Crippen molar-refractivity contribution >= 4 is 0 Å². The van der Waals surface area contributed by atoms with Crippen molar-refractivity contribution in [1.82, 2.24) is 0 Å². The fourth-order valence-electron chi connectivity index (χ4n) is 2.12.